The maximum Gasteiger partial charge on any atom is 0.352 e. The highest BCUT2D eigenvalue weighted by atomic mass is 32.2. The molecule has 2 atom stereocenters. The highest BCUT2D eigenvalue weighted by molar-refractivity contribution is 8.00. The summed E-state index contributed by atoms with van der Waals surface area (Å²) in [5.41, 5.74) is 6.10. The first-order valence-electron chi connectivity index (χ1n) is 5.90. The van der Waals surface area contributed by atoms with Gasteiger partial charge in [-0.3, -0.25) is 14.5 Å². The van der Waals surface area contributed by atoms with Crippen molar-refractivity contribution < 1.29 is 24.2 Å². The molecule has 1 fully saturated rings. The number of carbonyl (C=O) groups excluding carboxylic acids is 2. The first-order chi connectivity index (χ1) is 9.43. The van der Waals surface area contributed by atoms with Gasteiger partial charge in [0.25, 0.3) is 0 Å². The summed E-state index contributed by atoms with van der Waals surface area (Å²) in [5, 5.41) is 8.95. The average molecular weight is 298 g/mol. The van der Waals surface area contributed by atoms with Crippen molar-refractivity contribution in [1.29, 1.82) is 0 Å². The number of amides is 1. The molecule has 0 saturated carbocycles. The van der Waals surface area contributed by atoms with E-state index in [-0.39, 0.29) is 23.6 Å². The van der Waals surface area contributed by atoms with Gasteiger partial charge in [0.1, 0.15) is 23.7 Å². The van der Waals surface area contributed by atoms with E-state index in [1.54, 1.807) is 12.2 Å². The Morgan fingerprint density at radius 2 is 2.30 bits per heavy atom. The molecule has 2 rings (SSSR count). The van der Waals surface area contributed by atoms with E-state index in [9.17, 15) is 19.5 Å². The van der Waals surface area contributed by atoms with Crippen molar-refractivity contribution in [3.63, 3.8) is 0 Å². The van der Waals surface area contributed by atoms with E-state index in [2.05, 4.69) is 0 Å². The zero-order valence-electron chi connectivity index (χ0n) is 10.7. The Balaban J connectivity index is 2.18. The number of carbonyl (C=O) groups is 3. The first-order valence-corrected chi connectivity index (χ1v) is 6.95. The predicted octanol–water partition coefficient (Wildman–Crippen LogP) is -0.313. The zero-order valence-corrected chi connectivity index (χ0v) is 11.6. The van der Waals surface area contributed by atoms with Crippen LogP contribution in [0.1, 0.15) is 6.92 Å². The minimum atomic E-state index is -1.16. The van der Waals surface area contributed by atoms with Gasteiger partial charge < -0.3 is 15.6 Å². The van der Waals surface area contributed by atoms with Crippen molar-refractivity contribution in [1.82, 2.24) is 4.90 Å². The second-order valence-corrected chi connectivity index (χ2v) is 5.42. The average Bonchev–Trinajstić information content (AvgIpc) is 2.41. The van der Waals surface area contributed by atoms with Gasteiger partial charge in [-0.1, -0.05) is 6.08 Å². The van der Waals surface area contributed by atoms with Crippen LogP contribution in [0.25, 0.3) is 0 Å². The molecule has 0 radical (unpaired) electrons. The summed E-state index contributed by atoms with van der Waals surface area (Å²) in [4.78, 5) is 34.8. The normalized spacial score (nSPS) is 25.5. The van der Waals surface area contributed by atoms with Crippen LogP contribution in [0, 0.1) is 0 Å². The number of fused-ring (bicyclic) bond motifs is 1. The fourth-order valence-corrected chi connectivity index (χ4v) is 3.29. The summed E-state index contributed by atoms with van der Waals surface area (Å²) in [7, 11) is 0. The highest BCUT2D eigenvalue weighted by Crippen LogP contribution is 2.39. The SMILES string of the molecule is CC(=O)OCC=CC1=C(C(=O)O)N2C(=O)C(N)[C@@H]2SC1. The molecule has 2 aliphatic heterocycles. The first kappa shape index (κ1) is 14.6. The van der Waals surface area contributed by atoms with Crippen LogP contribution in [0.2, 0.25) is 0 Å². The molecule has 20 heavy (non-hydrogen) atoms. The van der Waals surface area contributed by atoms with Gasteiger partial charge in [0.05, 0.1) is 0 Å². The topological polar surface area (TPSA) is 110 Å². The van der Waals surface area contributed by atoms with Gasteiger partial charge in [0.15, 0.2) is 0 Å². The van der Waals surface area contributed by atoms with E-state index < -0.39 is 18.0 Å². The summed E-state index contributed by atoms with van der Waals surface area (Å²) >= 11 is 1.42. The van der Waals surface area contributed by atoms with E-state index in [1.165, 1.54) is 23.6 Å². The van der Waals surface area contributed by atoms with Crippen LogP contribution < -0.4 is 5.73 Å². The van der Waals surface area contributed by atoms with Gasteiger partial charge in [-0.05, 0) is 11.6 Å². The molecule has 1 amide bonds. The van der Waals surface area contributed by atoms with Gasteiger partial charge in [-0.2, -0.15) is 0 Å². The lowest BCUT2D eigenvalue weighted by Gasteiger charge is -2.47. The number of nitrogens with zero attached hydrogens (tertiary/aromatic N) is 1. The molecule has 0 spiro atoms. The fourth-order valence-electron chi connectivity index (χ4n) is 2.02. The third-order valence-electron chi connectivity index (χ3n) is 2.94. The monoisotopic (exact) mass is 298 g/mol. The van der Waals surface area contributed by atoms with Crippen LogP contribution in [0.15, 0.2) is 23.4 Å². The fraction of sp³-hybridized carbons (Fsp3) is 0.417. The molecule has 1 saturated heterocycles. The Morgan fingerprint density at radius 3 is 2.90 bits per heavy atom. The van der Waals surface area contributed by atoms with Crippen LogP contribution >= 0.6 is 11.8 Å². The van der Waals surface area contributed by atoms with Crippen molar-refractivity contribution in [2.45, 2.75) is 18.3 Å². The number of carboxylic acids is 1. The molecule has 3 N–H and O–H groups in total. The molecule has 0 bridgehead atoms. The molecule has 8 heteroatoms. The molecule has 1 unspecified atom stereocenters. The van der Waals surface area contributed by atoms with Crippen LogP contribution in [0.3, 0.4) is 0 Å². The number of carboxylic acid groups (broad SMARTS) is 1. The van der Waals surface area contributed by atoms with Gasteiger partial charge in [0, 0.05) is 12.7 Å². The van der Waals surface area contributed by atoms with E-state index in [4.69, 9.17) is 10.5 Å². The molecule has 0 aromatic rings. The van der Waals surface area contributed by atoms with Crippen molar-refractivity contribution in [2.24, 2.45) is 5.73 Å². The van der Waals surface area contributed by atoms with Gasteiger partial charge in [-0.15, -0.1) is 11.8 Å². The standard InChI is InChI=1S/C12H14N2O5S/c1-6(15)19-4-2-3-7-5-20-11-8(13)10(16)14(11)9(7)12(17)18/h2-3,8,11H,4-5,13H2,1H3,(H,17,18)/t8?,11-/m0/s1. The maximum absolute atomic E-state index is 11.7. The minimum absolute atomic E-state index is 0.0421. The van der Waals surface area contributed by atoms with Crippen LogP contribution in [-0.2, 0) is 19.1 Å². The van der Waals surface area contributed by atoms with Gasteiger partial charge >= 0.3 is 11.9 Å². The Kier molecular flexibility index (Phi) is 4.15. The molecule has 2 aliphatic rings. The summed E-state index contributed by atoms with van der Waals surface area (Å²) in [6.07, 6.45) is 3.11. The number of β-lactam (4-membered cyclic amide) rings is 1. The second kappa shape index (κ2) is 5.68. The molecule has 0 aliphatic carbocycles. The highest BCUT2D eigenvalue weighted by Gasteiger charge is 2.51. The van der Waals surface area contributed by atoms with Crippen LogP contribution in [0.4, 0.5) is 0 Å². The molecule has 0 aromatic heterocycles. The van der Waals surface area contributed by atoms with Gasteiger partial charge in [0.2, 0.25) is 5.91 Å². The molecule has 7 nitrogen and oxygen atoms in total. The smallest absolute Gasteiger partial charge is 0.352 e. The number of esters is 1. The number of ether oxygens (including phenoxy) is 1. The van der Waals surface area contributed by atoms with E-state index in [1.807, 2.05) is 0 Å². The molecule has 0 aromatic carbocycles. The minimum Gasteiger partial charge on any atom is -0.477 e. The second-order valence-electron chi connectivity index (χ2n) is 4.32. The Bertz CT molecular complexity index is 528. The van der Waals surface area contributed by atoms with Gasteiger partial charge in [-0.25, -0.2) is 4.79 Å². The quantitative estimate of drug-likeness (QED) is 0.541. The van der Waals surface area contributed by atoms with E-state index >= 15 is 0 Å². The Morgan fingerprint density at radius 1 is 1.60 bits per heavy atom. The van der Waals surface area contributed by atoms with E-state index in [0.717, 1.165) is 0 Å². The third-order valence-corrected chi connectivity index (χ3v) is 4.27. The number of hydrogen-bond donors (Lipinski definition) is 2. The number of aliphatic carboxylic acids is 1. The van der Waals surface area contributed by atoms with Crippen LogP contribution in [-0.4, -0.2) is 51.6 Å². The number of hydrogen-bond acceptors (Lipinski definition) is 6. The van der Waals surface area contributed by atoms with Crippen molar-refractivity contribution in [3.05, 3.63) is 23.4 Å². The Hall–Kier alpha value is -1.80. The predicted molar refractivity (Wildman–Crippen MR) is 71.5 cm³/mol. The molecule has 108 valence electrons. The van der Waals surface area contributed by atoms with E-state index in [0.29, 0.717) is 11.3 Å². The number of rotatable bonds is 4. The third kappa shape index (κ3) is 2.56. The number of nitrogens with two attached hydrogens (primary N) is 1. The largest absolute Gasteiger partial charge is 0.477 e. The zero-order chi connectivity index (χ0) is 14.9. The lowest BCUT2D eigenvalue weighted by molar-refractivity contribution is -0.147. The lowest BCUT2D eigenvalue weighted by atomic mass is 10.0. The molecule has 2 heterocycles. The summed E-state index contributed by atoms with van der Waals surface area (Å²) in [6.45, 7) is 1.35. The summed E-state index contributed by atoms with van der Waals surface area (Å²) in [6, 6.07) is -0.638. The molecular formula is C12H14N2O5S. The summed E-state index contributed by atoms with van der Waals surface area (Å²) < 4.78 is 4.73. The molecular weight excluding hydrogens is 284 g/mol. The van der Waals surface area contributed by atoms with Crippen molar-refractivity contribution >= 4 is 29.6 Å². The lowest BCUT2D eigenvalue weighted by Crippen LogP contribution is -2.68. The number of thioether (sulfide) groups is 1. The van der Waals surface area contributed by atoms with Crippen molar-refractivity contribution in [2.75, 3.05) is 12.4 Å². The maximum atomic E-state index is 11.7. The summed E-state index contributed by atoms with van der Waals surface area (Å²) in [5.74, 6) is -1.52. The Labute approximate surface area is 119 Å². The van der Waals surface area contributed by atoms with Crippen LogP contribution in [0.5, 0.6) is 0 Å². The number of allylic oxidation sites excluding steroid dienone is 1. The van der Waals surface area contributed by atoms with Crippen molar-refractivity contribution in [3.8, 4) is 0 Å².